The maximum atomic E-state index is 13.4. The van der Waals surface area contributed by atoms with E-state index in [1.807, 2.05) is 19.2 Å². The van der Waals surface area contributed by atoms with Crippen molar-refractivity contribution in [2.24, 2.45) is 29.6 Å². The molecule has 4 bridgehead atoms. The first-order chi connectivity index (χ1) is 17.4. The zero-order valence-electron chi connectivity index (χ0n) is 21.7. The highest BCUT2D eigenvalue weighted by Crippen LogP contribution is 2.59. The van der Waals surface area contributed by atoms with Gasteiger partial charge in [-0.1, -0.05) is 6.92 Å². The number of carbonyl (C=O) groups excluding carboxylic acids is 1. The van der Waals surface area contributed by atoms with E-state index < -0.39 is 5.97 Å². The fraction of sp³-hybridized carbons (Fsp3) is 0.750. The summed E-state index contributed by atoms with van der Waals surface area (Å²) < 4.78 is 6.00. The third-order valence-electron chi connectivity index (χ3n) is 9.18. The number of carboxylic acid groups (broad SMARTS) is 1. The van der Waals surface area contributed by atoms with Gasteiger partial charge in [0.1, 0.15) is 10.8 Å². The predicted octanol–water partition coefficient (Wildman–Crippen LogP) is 4.85. The summed E-state index contributed by atoms with van der Waals surface area (Å²) in [4.78, 5) is 31.7. The van der Waals surface area contributed by atoms with Gasteiger partial charge >= 0.3 is 5.97 Å². The van der Waals surface area contributed by atoms with E-state index in [2.05, 4.69) is 17.1 Å². The average Bonchev–Trinajstić information content (AvgIpc) is 2.86. The van der Waals surface area contributed by atoms with Crippen LogP contribution in [-0.2, 0) is 9.53 Å². The average molecular weight is 516 g/mol. The minimum Gasteiger partial charge on any atom is -0.481 e. The maximum absolute atomic E-state index is 13.4. The van der Waals surface area contributed by atoms with E-state index in [1.165, 1.54) is 19.3 Å². The number of hydrogen-bond acceptors (Lipinski definition) is 6. The highest BCUT2D eigenvalue weighted by molar-refractivity contribution is 7.99. The van der Waals surface area contributed by atoms with Gasteiger partial charge in [0.2, 0.25) is 0 Å². The second-order valence-electron chi connectivity index (χ2n) is 11.7. The summed E-state index contributed by atoms with van der Waals surface area (Å²) in [6, 6.07) is 3.87. The van der Waals surface area contributed by atoms with Gasteiger partial charge in [-0.05, 0) is 98.8 Å². The lowest BCUT2D eigenvalue weighted by Gasteiger charge is -2.59. The highest BCUT2D eigenvalue weighted by atomic mass is 32.2. The van der Waals surface area contributed by atoms with Gasteiger partial charge in [-0.25, -0.2) is 4.98 Å². The topological polar surface area (TPSA) is 91.8 Å². The standard InChI is InChI=1S/C28H41N3O4S/c1-3-9-36-27-22(6-7-24(30-27)31-8-4-5-18(17-31)12-25(32)33)26(34)29-16-23-20-10-19-11-21(23)15-28(13-19,14-20)35-2/h6-7,18-21,23H,3-5,8-17H2,1-2H3,(H,29,34)(H,32,33)/t18-,19?,20-,21-,23?,28?/m0/s1. The third-order valence-corrected chi connectivity index (χ3v) is 10.4. The van der Waals surface area contributed by atoms with Gasteiger partial charge in [0.05, 0.1) is 11.2 Å². The summed E-state index contributed by atoms with van der Waals surface area (Å²) in [5.74, 6) is 3.80. The summed E-state index contributed by atoms with van der Waals surface area (Å²) >= 11 is 1.64. The molecule has 1 saturated heterocycles. The van der Waals surface area contributed by atoms with E-state index in [0.717, 1.165) is 67.7 Å². The van der Waals surface area contributed by atoms with Crippen molar-refractivity contribution >= 4 is 29.5 Å². The Morgan fingerprint density at radius 2 is 2.03 bits per heavy atom. The van der Waals surface area contributed by atoms with Crippen molar-refractivity contribution in [1.29, 1.82) is 0 Å². The number of pyridine rings is 1. The highest BCUT2D eigenvalue weighted by Gasteiger charge is 2.55. The number of anilines is 1. The Kier molecular flexibility index (Phi) is 7.82. The number of aliphatic carboxylic acids is 1. The monoisotopic (exact) mass is 515 g/mol. The van der Waals surface area contributed by atoms with E-state index in [0.29, 0.717) is 29.9 Å². The van der Waals surface area contributed by atoms with Crippen LogP contribution in [0.3, 0.4) is 0 Å². The molecule has 0 unspecified atom stereocenters. The van der Waals surface area contributed by atoms with Crippen LogP contribution in [0.1, 0.15) is 75.1 Å². The molecule has 4 saturated carbocycles. The lowest BCUT2D eigenvalue weighted by molar-refractivity contribution is -0.167. The Morgan fingerprint density at radius 1 is 1.25 bits per heavy atom. The summed E-state index contributed by atoms with van der Waals surface area (Å²) in [5, 5.41) is 13.3. The van der Waals surface area contributed by atoms with Crippen molar-refractivity contribution in [2.75, 3.05) is 37.4 Å². The van der Waals surface area contributed by atoms with Gasteiger partial charge in [-0.2, -0.15) is 0 Å². The molecular weight excluding hydrogens is 474 g/mol. The second-order valence-corrected chi connectivity index (χ2v) is 12.7. The first-order valence-corrected chi connectivity index (χ1v) is 14.8. The summed E-state index contributed by atoms with van der Waals surface area (Å²) in [7, 11) is 1.88. The van der Waals surface area contributed by atoms with Crippen LogP contribution in [0.25, 0.3) is 0 Å². The van der Waals surface area contributed by atoms with Crippen molar-refractivity contribution in [3.05, 3.63) is 17.7 Å². The molecule has 1 aromatic heterocycles. The molecule has 2 N–H and O–H groups in total. The lowest BCUT2D eigenvalue weighted by atomic mass is 9.50. The van der Waals surface area contributed by atoms with E-state index >= 15 is 0 Å². The molecule has 2 heterocycles. The second kappa shape index (κ2) is 10.9. The van der Waals surface area contributed by atoms with Gasteiger partial charge in [-0.15, -0.1) is 11.8 Å². The Morgan fingerprint density at radius 3 is 2.72 bits per heavy atom. The van der Waals surface area contributed by atoms with E-state index in [-0.39, 0.29) is 23.8 Å². The zero-order chi connectivity index (χ0) is 25.3. The normalized spacial score (nSPS) is 33.1. The minimum absolute atomic E-state index is 0.0229. The molecule has 198 valence electrons. The largest absolute Gasteiger partial charge is 0.481 e. The molecule has 5 aliphatic rings. The van der Waals surface area contributed by atoms with Crippen LogP contribution in [0.4, 0.5) is 5.82 Å². The van der Waals surface area contributed by atoms with Crippen LogP contribution in [0.15, 0.2) is 17.2 Å². The molecule has 4 aliphatic carbocycles. The van der Waals surface area contributed by atoms with Gasteiger partial charge in [-0.3, -0.25) is 9.59 Å². The number of rotatable bonds is 10. The quantitative estimate of drug-likeness (QED) is 0.431. The number of nitrogens with one attached hydrogen (secondary N) is 1. The number of amides is 1. The number of ether oxygens (including phenoxy) is 1. The zero-order valence-corrected chi connectivity index (χ0v) is 22.5. The molecule has 36 heavy (non-hydrogen) atoms. The summed E-state index contributed by atoms with van der Waals surface area (Å²) in [6.45, 7) is 4.46. The summed E-state index contributed by atoms with van der Waals surface area (Å²) in [6.07, 6.45) is 9.19. The molecular formula is C28H41N3O4S. The first-order valence-electron chi connectivity index (χ1n) is 13.8. The van der Waals surface area contributed by atoms with Crippen molar-refractivity contribution in [2.45, 2.75) is 75.3 Å². The number of carboxylic acids is 1. The molecule has 0 aromatic carbocycles. The van der Waals surface area contributed by atoms with Gasteiger partial charge in [0.25, 0.3) is 5.91 Å². The Labute approximate surface area is 219 Å². The molecule has 7 nitrogen and oxygen atoms in total. The Hall–Kier alpha value is -1.80. The van der Waals surface area contributed by atoms with Crippen LogP contribution < -0.4 is 10.2 Å². The van der Waals surface area contributed by atoms with Crippen LogP contribution >= 0.6 is 11.8 Å². The number of thioether (sulfide) groups is 1. The SMILES string of the molecule is CCCSc1nc(N2CCC[C@@H](CC(=O)O)C2)ccc1C(=O)NCC1[C@H]2CC3C[C@H]1CC(OC)(C3)C2. The van der Waals surface area contributed by atoms with Crippen LogP contribution in [0, 0.1) is 29.6 Å². The van der Waals surface area contributed by atoms with Crippen molar-refractivity contribution in [3.8, 4) is 0 Å². The predicted molar refractivity (Wildman–Crippen MR) is 142 cm³/mol. The van der Waals surface area contributed by atoms with Gasteiger partial charge in [0.15, 0.2) is 0 Å². The Bertz CT molecular complexity index is 956. The number of hydrogen-bond donors (Lipinski definition) is 2. The Balaban J connectivity index is 1.26. The van der Waals surface area contributed by atoms with Crippen LogP contribution in [-0.4, -0.2) is 60.1 Å². The molecule has 6 rings (SSSR count). The van der Waals surface area contributed by atoms with Gasteiger partial charge < -0.3 is 20.1 Å². The number of methoxy groups -OCH3 is 1. The molecule has 0 radical (unpaired) electrons. The van der Waals surface area contributed by atoms with Gasteiger partial charge in [0, 0.05) is 33.2 Å². The fourth-order valence-electron chi connectivity index (χ4n) is 7.72. The molecule has 3 atom stereocenters. The lowest BCUT2D eigenvalue weighted by Crippen LogP contribution is -2.57. The summed E-state index contributed by atoms with van der Waals surface area (Å²) in [5.41, 5.74) is 0.757. The minimum atomic E-state index is -0.738. The molecule has 1 aliphatic heterocycles. The van der Waals surface area contributed by atoms with E-state index in [4.69, 9.17) is 9.72 Å². The number of aromatic nitrogens is 1. The van der Waals surface area contributed by atoms with Crippen LogP contribution in [0.5, 0.6) is 0 Å². The number of carbonyl (C=O) groups is 2. The number of nitrogens with zero attached hydrogens (tertiary/aromatic N) is 2. The fourth-order valence-corrected chi connectivity index (χ4v) is 8.59. The van der Waals surface area contributed by atoms with Crippen LogP contribution in [0.2, 0.25) is 0 Å². The van der Waals surface area contributed by atoms with Crippen molar-refractivity contribution in [1.82, 2.24) is 10.3 Å². The maximum Gasteiger partial charge on any atom is 0.303 e. The molecule has 8 heteroatoms. The van der Waals surface area contributed by atoms with E-state index in [1.54, 1.807) is 11.8 Å². The molecule has 5 fully saturated rings. The first kappa shape index (κ1) is 25.8. The van der Waals surface area contributed by atoms with Crippen molar-refractivity contribution < 1.29 is 19.4 Å². The molecule has 0 spiro atoms. The molecule has 1 amide bonds. The third kappa shape index (κ3) is 5.40. The van der Waals surface area contributed by atoms with E-state index in [9.17, 15) is 14.7 Å². The molecule has 1 aromatic rings. The number of piperidine rings is 1. The van der Waals surface area contributed by atoms with Crippen molar-refractivity contribution in [3.63, 3.8) is 0 Å². The smallest absolute Gasteiger partial charge is 0.303 e.